The molecule has 3 heteroatoms. The lowest BCUT2D eigenvalue weighted by atomic mass is 10.1. The van der Waals surface area contributed by atoms with Crippen LogP contribution in [0.5, 0.6) is 0 Å². The van der Waals surface area contributed by atoms with Crippen molar-refractivity contribution in [3.8, 4) is 0 Å². The summed E-state index contributed by atoms with van der Waals surface area (Å²) in [6.07, 6.45) is 0. The van der Waals surface area contributed by atoms with Crippen LogP contribution in [0.15, 0.2) is 30.3 Å². The zero-order valence-electron chi connectivity index (χ0n) is 10.3. The van der Waals surface area contributed by atoms with Crippen LogP contribution in [0.2, 0.25) is 0 Å². The van der Waals surface area contributed by atoms with Crippen molar-refractivity contribution in [3.05, 3.63) is 35.9 Å². The fourth-order valence-electron chi connectivity index (χ4n) is 2.08. The van der Waals surface area contributed by atoms with Crippen LogP contribution in [0.3, 0.4) is 0 Å². The SMILES string of the molecule is CC[N+](CC)(CC)C(Cl)c1ccccc1.[Cl-]. The van der Waals surface area contributed by atoms with E-state index < -0.39 is 0 Å². The molecule has 1 unspecified atom stereocenters. The summed E-state index contributed by atoms with van der Waals surface area (Å²) >= 11 is 6.60. The van der Waals surface area contributed by atoms with Gasteiger partial charge in [0.25, 0.3) is 0 Å². The Kier molecular flexibility index (Phi) is 7.05. The molecule has 0 aliphatic rings. The minimum Gasteiger partial charge on any atom is -1.00 e. The third-order valence-corrected chi connectivity index (χ3v) is 4.11. The average molecular weight is 262 g/mol. The maximum Gasteiger partial charge on any atom is 0.190 e. The Morgan fingerprint density at radius 1 is 1.00 bits per heavy atom. The molecule has 0 saturated heterocycles. The van der Waals surface area contributed by atoms with Gasteiger partial charge in [-0.2, -0.15) is 0 Å². The lowest BCUT2D eigenvalue weighted by Crippen LogP contribution is -3.00. The second-order valence-corrected chi connectivity index (χ2v) is 4.33. The molecule has 0 aliphatic heterocycles. The van der Waals surface area contributed by atoms with Gasteiger partial charge in [0.1, 0.15) is 0 Å². The molecule has 0 fully saturated rings. The number of alkyl halides is 1. The predicted molar refractivity (Wildman–Crippen MR) is 66.9 cm³/mol. The molecule has 0 aliphatic carbocycles. The molecule has 0 amide bonds. The molecule has 92 valence electrons. The van der Waals surface area contributed by atoms with Crippen molar-refractivity contribution in [2.75, 3.05) is 19.6 Å². The van der Waals surface area contributed by atoms with Crippen molar-refractivity contribution in [1.82, 2.24) is 0 Å². The molecule has 0 bridgehead atoms. The highest BCUT2D eigenvalue weighted by Crippen LogP contribution is 2.31. The van der Waals surface area contributed by atoms with E-state index in [1.165, 1.54) is 5.56 Å². The summed E-state index contributed by atoms with van der Waals surface area (Å²) in [5.41, 5.74) is 1.30. The maximum atomic E-state index is 6.60. The van der Waals surface area contributed by atoms with E-state index in [0.717, 1.165) is 24.1 Å². The second kappa shape index (κ2) is 7.16. The van der Waals surface area contributed by atoms with Gasteiger partial charge in [-0.1, -0.05) is 41.9 Å². The monoisotopic (exact) mass is 261 g/mol. The maximum absolute atomic E-state index is 6.60. The van der Waals surface area contributed by atoms with E-state index in [9.17, 15) is 0 Å². The van der Waals surface area contributed by atoms with E-state index in [1.807, 2.05) is 6.07 Å². The molecule has 16 heavy (non-hydrogen) atoms. The number of hydrogen-bond donors (Lipinski definition) is 0. The van der Waals surface area contributed by atoms with E-state index in [-0.39, 0.29) is 17.9 Å². The zero-order chi connectivity index (χ0) is 11.3. The molecular formula is C13H21Cl2N. The van der Waals surface area contributed by atoms with Gasteiger partial charge in [0.05, 0.1) is 19.6 Å². The van der Waals surface area contributed by atoms with Crippen molar-refractivity contribution in [2.24, 2.45) is 0 Å². The Balaban J connectivity index is 0.00000225. The fourth-order valence-corrected chi connectivity index (χ4v) is 2.64. The van der Waals surface area contributed by atoms with Crippen molar-refractivity contribution >= 4 is 11.6 Å². The highest BCUT2D eigenvalue weighted by atomic mass is 35.5. The summed E-state index contributed by atoms with van der Waals surface area (Å²) in [5.74, 6) is 0. The molecule has 1 nitrogen and oxygen atoms in total. The van der Waals surface area contributed by atoms with Gasteiger partial charge in [-0.05, 0) is 20.8 Å². The van der Waals surface area contributed by atoms with Crippen molar-refractivity contribution < 1.29 is 16.9 Å². The van der Waals surface area contributed by atoms with Crippen LogP contribution in [-0.4, -0.2) is 24.1 Å². The van der Waals surface area contributed by atoms with E-state index in [2.05, 4.69) is 45.0 Å². The van der Waals surface area contributed by atoms with Crippen molar-refractivity contribution in [1.29, 1.82) is 0 Å². The smallest absolute Gasteiger partial charge is 0.190 e. The first-order valence-electron chi connectivity index (χ1n) is 5.75. The Labute approximate surface area is 110 Å². The summed E-state index contributed by atoms with van der Waals surface area (Å²) in [6, 6.07) is 10.4. The van der Waals surface area contributed by atoms with Crippen LogP contribution in [0.4, 0.5) is 0 Å². The van der Waals surface area contributed by atoms with Gasteiger partial charge in [-0.3, -0.25) is 0 Å². The lowest BCUT2D eigenvalue weighted by Gasteiger charge is -2.40. The van der Waals surface area contributed by atoms with E-state index in [1.54, 1.807) is 0 Å². The minimum absolute atomic E-state index is 0. The summed E-state index contributed by atoms with van der Waals surface area (Å²) < 4.78 is 0.950. The average Bonchev–Trinajstić information content (AvgIpc) is 2.33. The Morgan fingerprint density at radius 3 is 1.81 bits per heavy atom. The predicted octanol–water partition coefficient (Wildman–Crippen LogP) is 0.804. The molecule has 1 aromatic rings. The van der Waals surface area contributed by atoms with Crippen LogP contribution in [0.1, 0.15) is 31.8 Å². The highest BCUT2D eigenvalue weighted by molar-refractivity contribution is 6.19. The topological polar surface area (TPSA) is 0 Å². The molecule has 0 radical (unpaired) electrons. The first kappa shape index (κ1) is 15.8. The molecule has 0 saturated carbocycles. The Hall–Kier alpha value is -0.240. The number of hydrogen-bond acceptors (Lipinski definition) is 0. The Morgan fingerprint density at radius 2 is 1.44 bits per heavy atom. The molecule has 0 N–H and O–H groups in total. The molecule has 0 aromatic heterocycles. The number of quaternary nitrogens is 1. The number of halogens is 2. The lowest BCUT2D eigenvalue weighted by molar-refractivity contribution is -0.939. The van der Waals surface area contributed by atoms with Gasteiger partial charge in [-0.25, -0.2) is 0 Å². The number of nitrogens with zero attached hydrogens (tertiary/aromatic N) is 1. The molecule has 0 heterocycles. The highest BCUT2D eigenvalue weighted by Gasteiger charge is 2.31. The van der Waals surface area contributed by atoms with Gasteiger partial charge >= 0.3 is 0 Å². The molecule has 1 atom stereocenters. The number of rotatable bonds is 5. The molecule has 1 aromatic carbocycles. The normalized spacial score (nSPS) is 13.0. The van der Waals surface area contributed by atoms with Crippen LogP contribution in [0, 0.1) is 0 Å². The van der Waals surface area contributed by atoms with Crippen LogP contribution >= 0.6 is 11.6 Å². The summed E-state index contributed by atoms with van der Waals surface area (Å²) in [6.45, 7) is 9.88. The van der Waals surface area contributed by atoms with Gasteiger partial charge < -0.3 is 16.9 Å². The minimum atomic E-state index is 0. The van der Waals surface area contributed by atoms with Crippen LogP contribution in [-0.2, 0) is 0 Å². The Bertz CT molecular complexity index is 275. The van der Waals surface area contributed by atoms with E-state index in [4.69, 9.17) is 11.6 Å². The standard InChI is InChI=1S/C13H21ClN.ClH/c1-4-15(5-2,6-3)13(14)12-10-8-7-9-11-12;/h7-11,13H,4-6H2,1-3H3;1H/q+1;/p-1. The second-order valence-electron chi connectivity index (χ2n) is 3.91. The van der Waals surface area contributed by atoms with Gasteiger partial charge in [0, 0.05) is 5.56 Å². The zero-order valence-corrected chi connectivity index (χ0v) is 11.8. The van der Waals surface area contributed by atoms with E-state index in [0.29, 0.717) is 0 Å². The number of benzene rings is 1. The van der Waals surface area contributed by atoms with Crippen molar-refractivity contribution in [2.45, 2.75) is 26.3 Å². The van der Waals surface area contributed by atoms with Gasteiger partial charge in [0.2, 0.25) is 0 Å². The van der Waals surface area contributed by atoms with E-state index >= 15 is 0 Å². The summed E-state index contributed by atoms with van der Waals surface area (Å²) in [7, 11) is 0. The third kappa shape index (κ3) is 3.13. The van der Waals surface area contributed by atoms with Crippen LogP contribution in [0.25, 0.3) is 0 Å². The quantitative estimate of drug-likeness (QED) is 0.418. The molecule has 0 spiro atoms. The molecular weight excluding hydrogens is 241 g/mol. The summed E-state index contributed by atoms with van der Waals surface area (Å²) in [5, 5.41) is 0. The van der Waals surface area contributed by atoms with Crippen LogP contribution < -0.4 is 12.4 Å². The van der Waals surface area contributed by atoms with Gasteiger partial charge in [-0.15, -0.1) is 0 Å². The largest absolute Gasteiger partial charge is 1.00 e. The van der Waals surface area contributed by atoms with Crippen molar-refractivity contribution in [3.63, 3.8) is 0 Å². The van der Waals surface area contributed by atoms with Gasteiger partial charge in [0.15, 0.2) is 5.50 Å². The molecule has 1 rings (SSSR count). The first-order chi connectivity index (χ1) is 7.20. The third-order valence-electron chi connectivity index (χ3n) is 3.44. The first-order valence-corrected chi connectivity index (χ1v) is 6.18. The fraction of sp³-hybridized carbons (Fsp3) is 0.538. The summed E-state index contributed by atoms with van der Waals surface area (Å²) in [4.78, 5) is 0.